The molecule has 4 rings (SSSR count). The first-order valence-electron chi connectivity index (χ1n) is 10.1. The van der Waals surface area contributed by atoms with Crippen LogP contribution in [0, 0.1) is 0 Å². The Morgan fingerprint density at radius 3 is 2.14 bits per heavy atom. The molecule has 0 bridgehead atoms. The maximum Gasteiger partial charge on any atom is 0.289 e. The molecule has 0 spiro atoms. The Balaban J connectivity index is 1.34. The highest BCUT2D eigenvalue weighted by Crippen LogP contribution is 2.18. The summed E-state index contributed by atoms with van der Waals surface area (Å²) in [6.45, 7) is 4.33. The highest BCUT2D eigenvalue weighted by molar-refractivity contribution is 5.94. The van der Waals surface area contributed by atoms with Crippen LogP contribution in [0.3, 0.4) is 0 Å². The molecule has 2 aromatic heterocycles. The lowest BCUT2D eigenvalue weighted by Gasteiger charge is -2.35. The largest absolute Gasteiger partial charge is 0.459 e. The van der Waals surface area contributed by atoms with Gasteiger partial charge < -0.3 is 19.1 Å². The van der Waals surface area contributed by atoms with Crippen LogP contribution in [0.15, 0.2) is 41.1 Å². The Bertz CT molecular complexity index is 788. The molecule has 2 saturated heterocycles. The maximum atomic E-state index is 12.7. The van der Waals surface area contributed by atoms with E-state index in [1.165, 1.54) is 19.1 Å². The van der Waals surface area contributed by atoms with Crippen molar-refractivity contribution < 1.29 is 14.0 Å². The smallest absolute Gasteiger partial charge is 0.289 e. The van der Waals surface area contributed by atoms with E-state index in [2.05, 4.69) is 9.88 Å². The van der Waals surface area contributed by atoms with E-state index in [1.54, 1.807) is 23.2 Å². The number of pyridine rings is 1. The third-order valence-corrected chi connectivity index (χ3v) is 5.51. The van der Waals surface area contributed by atoms with Gasteiger partial charge in [-0.1, -0.05) is 12.8 Å². The van der Waals surface area contributed by atoms with Crippen LogP contribution in [0.25, 0.3) is 0 Å². The Hall–Kier alpha value is -2.83. The van der Waals surface area contributed by atoms with E-state index < -0.39 is 0 Å². The lowest BCUT2D eigenvalue weighted by atomic mass is 10.2. The number of piperazine rings is 1. The minimum atomic E-state index is -0.0731. The van der Waals surface area contributed by atoms with Gasteiger partial charge in [0.2, 0.25) is 0 Å². The molecule has 2 amide bonds. The molecule has 2 fully saturated rings. The minimum absolute atomic E-state index is 0.0731. The number of hydrogen-bond acceptors (Lipinski definition) is 5. The Labute approximate surface area is 164 Å². The standard InChI is InChI=1S/C21H26N4O3/c26-20(24-9-3-1-2-4-10-24)17-7-8-19(22-16-17)23-11-13-25(14-12-23)21(27)18-6-5-15-28-18/h5-8,15-16H,1-4,9-14H2. The third kappa shape index (κ3) is 4.03. The van der Waals surface area contributed by atoms with Gasteiger partial charge in [-0.05, 0) is 37.1 Å². The molecule has 0 saturated carbocycles. The van der Waals surface area contributed by atoms with Crippen molar-refractivity contribution in [3.8, 4) is 0 Å². The van der Waals surface area contributed by atoms with Crippen molar-refractivity contribution in [1.29, 1.82) is 0 Å². The molecule has 0 aromatic carbocycles. The first kappa shape index (κ1) is 18.5. The van der Waals surface area contributed by atoms with E-state index in [-0.39, 0.29) is 11.8 Å². The lowest BCUT2D eigenvalue weighted by molar-refractivity contribution is 0.0713. The molecule has 0 radical (unpaired) electrons. The normalized spacial score (nSPS) is 18.1. The third-order valence-electron chi connectivity index (χ3n) is 5.51. The van der Waals surface area contributed by atoms with Crippen molar-refractivity contribution in [3.05, 3.63) is 48.0 Å². The van der Waals surface area contributed by atoms with Crippen LogP contribution in [0.1, 0.15) is 46.6 Å². The maximum absolute atomic E-state index is 12.7. The Morgan fingerprint density at radius 2 is 1.54 bits per heavy atom. The SMILES string of the molecule is O=C(c1ccc(N2CCN(C(=O)c3ccco3)CC2)nc1)N1CCCCCC1. The average Bonchev–Trinajstić information content (AvgIpc) is 3.15. The molecule has 0 aliphatic carbocycles. The van der Waals surface area contributed by atoms with Gasteiger partial charge in [-0.2, -0.15) is 0 Å². The van der Waals surface area contributed by atoms with Gasteiger partial charge in [0.05, 0.1) is 11.8 Å². The molecular weight excluding hydrogens is 356 g/mol. The second kappa shape index (κ2) is 8.46. The number of nitrogens with zero attached hydrogens (tertiary/aromatic N) is 4. The number of carbonyl (C=O) groups excluding carboxylic acids is 2. The zero-order valence-corrected chi connectivity index (χ0v) is 16.0. The van der Waals surface area contributed by atoms with Crippen LogP contribution in [-0.2, 0) is 0 Å². The number of likely N-dealkylation sites (tertiary alicyclic amines) is 1. The predicted molar refractivity (Wildman–Crippen MR) is 105 cm³/mol. The molecule has 7 nitrogen and oxygen atoms in total. The van der Waals surface area contributed by atoms with E-state index >= 15 is 0 Å². The monoisotopic (exact) mass is 382 g/mol. The fraction of sp³-hybridized carbons (Fsp3) is 0.476. The number of aromatic nitrogens is 1. The van der Waals surface area contributed by atoms with E-state index in [1.807, 2.05) is 17.0 Å². The molecule has 4 heterocycles. The van der Waals surface area contributed by atoms with E-state index in [9.17, 15) is 9.59 Å². The molecular formula is C21H26N4O3. The predicted octanol–water partition coefficient (Wildman–Crippen LogP) is 2.65. The van der Waals surface area contributed by atoms with Crippen molar-refractivity contribution >= 4 is 17.6 Å². The number of carbonyl (C=O) groups is 2. The molecule has 2 aliphatic heterocycles. The fourth-order valence-electron chi connectivity index (χ4n) is 3.85. The summed E-state index contributed by atoms with van der Waals surface area (Å²) >= 11 is 0. The van der Waals surface area contributed by atoms with Crippen molar-refractivity contribution in [2.24, 2.45) is 0 Å². The van der Waals surface area contributed by atoms with Crippen LogP contribution < -0.4 is 4.90 Å². The van der Waals surface area contributed by atoms with Gasteiger partial charge in [-0.15, -0.1) is 0 Å². The second-order valence-corrected chi connectivity index (χ2v) is 7.37. The summed E-state index contributed by atoms with van der Waals surface area (Å²) in [6.07, 6.45) is 7.77. The number of rotatable bonds is 3. The Kier molecular flexibility index (Phi) is 5.60. The summed E-state index contributed by atoms with van der Waals surface area (Å²) in [5, 5.41) is 0. The number of anilines is 1. The van der Waals surface area contributed by atoms with Gasteiger partial charge in [0.15, 0.2) is 5.76 Å². The quantitative estimate of drug-likeness (QED) is 0.816. The van der Waals surface area contributed by atoms with Crippen molar-refractivity contribution in [2.45, 2.75) is 25.7 Å². The lowest BCUT2D eigenvalue weighted by Crippen LogP contribution is -2.49. The summed E-state index contributed by atoms with van der Waals surface area (Å²) in [4.78, 5) is 35.5. The van der Waals surface area contributed by atoms with Crippen LogP contribution >= 0.6 is 0 Å². The summed E-state index contributed by atoms with van der Waals surface area (Å²) in [5.41, 5.74) is 0.650. The highest BCUT2D eigenvalue weighted by Gasteiger charge is 2.24. The van der Waals surface area contributed by atoms with Crippen LogP contribution in [0.4, 0.5) is 5.82 Å². The van der Waals surface area contributed by atoms with Gasteiger partial charge >= 0.3 is 0 Å². The fourth-order valence-corrected chi connectivity index (χ4v) is 3.85. The van der Waals surface area contributed by atoms with E-state index in [0.29, 0.717) is 37.5 Å². The molecule has 0 unspecified atom stereocenters. The summed E-state index contributed by atoms with van der Waals surface area (Å²) < 4.78 is 5.20. The van der Waals surface area contributed by atoms with Gasteiger partial charge in [0.25, 0.3) is 11.8 Å². The second-order valence-electron chi connectivity index (χ2n) is 7.37. The molecule has 0 atom stereocenters. The summed E-state index contributed by atoms with van der Waals surface area (Å²) in [5.74, 6) is 1.23. The van der Waals surface area contributed by atoms with Gasteiger partial charge in [0.1, 0.15) is 5.82 Å². The zero-order valence-electron chi connectivity index (χ0n) is 16.0. The molecule has 2 aromatic rings. The van der Waals surface area contributed by atoms with Crippen molar-refractivity contribution in [1.82, 2.24) is 14.8 Å². The summed E-state index contributed by atoms with van der Waals surface area (Å²) in [7, 11) is 0. The van der Waals surface area contributed by atoms with Crippen molar-refractivity contribution in [3.63, 3.8) is 0 Å². The highest BCUT2D eigenvalue weighted by atomic mass is 16.3. The number of furan rings is 1. The Morgan fingerprint density at radius 1 is 0.821 bits per heavy atom. The number of hydrogen-bond donors (Lipinski definition) is 0. The van der Waals surface area contributed by atoms with Gasteiger partial charge in [0, 0.05) is 45.5 Å². The average molecular weight is 382 g/mol. The van der Waals surface area contributed by atoms with Crippen molar-refractivity contribution in [2.75, 3.05) is 44.2 Å². The number of amides is 2. The first-order valence-corrected chi connectivity index (χ1v) is 10.1. The summed E-state index contributed by atoms with van der Waals surface area (Å²) in [6, 6.07) is 7.20. The topological polar surface area (TPSA) is 69.9 Å². The first-order chi connectivity index (χ1) is 13.7. The zero-order chi connectivity index (χ0) is 19.3. The van der Waals surface area contributed by atoms with E-state index in [4.69, 9.17) is 4.42 Å². The molecule has 0 N–H and O–H groups in total. The van der Waals surface area contributed by atoms with Gasteiger partial charge in [-0.25, -0.2) is 4.98 Å². The van der Waals surface area contributed by atoms with Crippen LogP contribution in [0.5, 0.6) is 0 Å². The molecule has 148 valence electrons. The van der Waals surface area contributed by atoms with Crippen LogP contribution in [0.2, 0.25) is 0 Å². The van der Waals surface area contributed by atoms with Crippen LogP contribution in [-0.4, -0.2) is 65.9 Å². The van der Waals surface area contributed by atoms with E-state index in [0.717, 1.165) is 31.7 Å². The minimum Gasteiger partial charge on any atom is -0.459 e. The molecule has 28 heavy (non-hydrogen) atoms. The molecule has 7 heteroatoms. The molecule has 2 aliphatic rings. The van der Waals surface area contributed by atoms with Gasteiger partial charge in [-0.3, -0.25) is 9.59 Å².